The molecule has 0 saturated carbocycles. The Morgan fingerprint density at radius 3 is 2.71 bits per heavy atom. The first-order chi connectivity index (χ1) is 15.3. The van der Waals surface area contributed by atoms with E-state index in [-0.39, 0.29) is 6.04 Å². The molecular formula is C24H40N4O3. The van der Waals surface area contributed by atoms with E-state index < -0.39 is 0 Å². The second-order valence-corrected chi connectivity index (χ2v) is 8.18. The van der Waals surface area contributed by atoms with Gasteiger partial charge < -0.3 is 24.8 Å². The Morgan fingerprint density at radius 1 is 1.19 bits per heavy atom. The van der Waals surface area contributed by atoms with E-state index in [1.54, 1.807) is 7.11 Å². The highest BCUT2D eigenvalue weighted by Crippen LogP contribution is 2.31. The summed E-state index contributed by atoms with van der Waals surface area (Å²) in [7, 11) is 1.75. The molecule has 7 heteroatoms. The first-order valence-corrected chi connectivity index (χ1v) is 11.9. The van der Waals surface area contributed by atoms with Gasteiger partial charge in [0.15, 0.2) is 5.96 Å². The van der Waals surface area contributed by atoms with Gasteiger partial charge in [0, 0.05) is 38.5 Å². The minimum absolute atomic E-state index is 0.228. The molecule has 3 rings (SSSR count). The molecule has 0 spiro atoms. The first kappa shape index (κ1) is 23.8. The van der Waals surface area contributed by atoms with E-state index in [0.717, 1.165) is 77.0 Å². The van der Waals surface area contributed by atoms with Crippen LogP contribution in [0.15, 0.2) is 29.3 Å². The van der Waals surface area contributed by atoms with Crippen molar-refractivity contribution in [1.29, 1.82) is 0 Å². The number of ether oxygens (including phenoxy) is 3. The largest absolute Gasteiger partial charge is 0.496 e. The molecule has 0 radical (unpaired) electrons. The van der Waals surface area contributed by atoms with Crippen molar-refractivity contribution in [2.45, 2.75) is 51.2 Å². The van der Waals surface area contributed by atoms with Crippen LogP contribution in [0.4, 0.5) is 0 Å². The third-order valence-electron chi connectivity index (χ3n) is 5.98. The second kappa shape index (κ2) is 13.6. The summed E-state index contributed by atoms with van der Waals surface area (Å²) >= 11 is 0. The molecule has 0 aromatic heterocycles. The number of hydrogen-bond acceptors (Lipinski definition) is 5. The first-order valence-electron chi connectivity index (χ1n) is 11.9. The van der Waals surface area contributed by atoms with Crippen LogP contribution in [0.2, 0.25) is 0 Å². The lowest BCUT2D eigenvalue weighted by atomic mass is 10.0. The van der Waals surface area contributed by atoms with Gasteiger partial charge in [0.2, 0.25) is 0 Å². The maximum absolute atomic E-state index is 5.97. The number of benzene rings is 1. The van der Waals surface area contributed by atoms with Crippen molar-refractivity contribution in [1.82, 2.24) is 15.5 Å². The van der Waals surface area contributed by atoms with Crippen LogP contribution in [-0.2, 0) is 9.47 Å². The van der Waals surface area contributed by atoms with Crippen LogP contribution >= 0.6 is 0 Å². The van der Waals surface area contributed by atoms with E-state index in [9.17, 15) is 0 Å². The van der Waals surface area contributed by atoms with Crippen molar-refractivity contribution in [2.75, 3.05) is 59.7 Å². The number of nitrogens with zero attached hydrogens (tertiary/aromatic N) is 2. The van der Waals surface area contributed by atoms with E-state index >= 15 is 0 Å². The summed E-state index contributed by atoms with van der Waals surface area (Å²) in [6.45, 7) is 9.14. The van der Waals surface area contributed by atoms with Crippen LogP contribution in [0.25, 0.3) is 0 Å². The highest BCUT2D eigenvalue weighted by Gasteiger charge is 2.25. The Balaban J connectivity index is 1.54. The fourth-order valence-corrected chi connectivity index (χ4v) is 4.30. The molecule has 7 nitrogen and oxygen atoms in total. The molecule has 0 bridgehead atoms. The topological polar surface area (TPSA) is 67.4 Å². The van der Waals surface area contributed by atoms with Gasteiger partial charge in [-0.2, -0.15) is 0 Å². The molecule has 0 aliphatic carbocycles. The minimum atomic E-state index is 0.228. The average molecular weight is 433 g/mol. The van der Waals surface area contributed by atoms with Gasteiger partial charge in [-0.3, -0.25) is 9.89 Å². The Kier molecular flexibility index (Phi) is 10.4. The number of likely N-dealkylation sites (tertiary alicyclic amines) is 1. The molecule has 2 fully saturated rings. The summed E-state index contributed by atoms with van der Waals surface area (Å²) in [6.07, 6.45) is 5.85. The van der Waals surface area contributed by atoms with Crippen molar-refractivity contribution < 1.29 is 14.2 Å². The van der Waals surface area contributed by atoms with Crippen LogP contribution in [0.3, 0.4) is 0 Å². The number of rotatable bonds is 11. The molecule has 1 atom stereocenters. The highest BCUT2D eigenvalue weighted by molar-refractivity contribution is 5.79. The van der Waals surface area contributed by atoms with Crippen LogP contribution < -0.4 is 15.4 Å². The van der Waals surface area contributed by atoms with Gasteiger partial charge in [-0.25, -0.2) is 0 Å². The molecule has 0 amide bonds. The third kappa shape index (κ3) is 7.66. The number of methoxy groups -OCH3 is 1. The standard InChI is InChI=1S/C24H40N4O3/c1-3-25-24(26-13-8-16-31-20-11-17-30-18-12-20)27-19-22(28-14-6-7-15-28)21-9-4-5-10-23(21)29-2/h4-5,9-10,20,22H,3,6-8,11-19H2,1-2H3,(H2,25,26,27). The van der Waals surface area contributed by atoms with E-state index in [4.69, 9.17) is 19.2 Å². The van der Waals surface area contributed by atoms with Crippen LogP contribution in [0, 0.1) is 0 Å². The van der Waals surface area contributed by atoms with Crippen LogP contribution in [0.5, 0.6) is 5.75 Å². The van der Waals surface area contributed by atoms with E-state index in [1.807, 2.05) is 12.1 Å². The normalized spacial score (nSPS) is 19.4. The molecular weight excluding hydrogens is 392 g/mol. The molecule has 1 unspecified atom stereocenters. The zero-order chi connectivity index (χ0) is 21.7. The van der Waals surface area contributed by atoms with Crippen molar-refractivity contribution in [3.63, 3.8) is 0 Å². The summed E-state index contributed by atoms with van der Waals surface area (Å²) in [6, 6.07) is 8.56. The quantitative estimate of drug-likeness (QED) is 0.318. The molecule has 2 aliphatic heterocycles. The number of aliphatic imine (C=N–C) groups is 1. The average Bonchev–Trinajstić information content (AvgIpc) is 3.34. The Morgan fingerprint density at radius 2 is 1.97 bits per heavy atom. The van der Waals surface area contributed by atoms with Crippen LogP contribution in [0.1, 0.15) is 50.6 Å². The number of para-hydroxylation sites is 1. The minimum Gasteiger partial charge on any atom is -0.496 e. The van der Waals surface area contributed by atoms with E-state index in [2.05, 4.69) is 34.6 Å². The summed E-state index contributed by atoms with van der Waals surface area (Å²) in [5.74, 6) is 1.81. The summed E-state index contributed by atoms with van der Waals surface area (Å²) in [4.78, 5) is 7.47. The summed E-state index contributed by atoms with van der Waals surface area (Å²) < 4.78 is 17.0. The van der Waals surface area contributed by atoms with Gasteiger partial charge in [0.1, 0.15) is 5.75 Å². The fourth-order valence-electron chi connectivity index (χ4n) is 4.30. The molecule has 174 valence electrons. The molecule has 31 heavy (non-hydrogen) atoms. The fraction of sp³-hybridized carbons (Fsp3) is 0.708. The zero-order valence-electron chi connectivity index (χ0n) is 19.3. The maximum atomic E-state index is 5.97. The lowest BCUT2D eigenvalue weighted by Crippen LogP contribution is -2.39. The van der Waals surface area contributed by atoms with E-state index in [0.29, 0.717) is 12.6 Å². The Labute approximate surface area is 187 Å². The van der Waals surface area contributed by atoms with Crippen molar-refractivity contribution >= 4 is 5.96 Å². The molecule has 1 aromatic rings. The van der Waals surface area contributed by atoms with Gasteiger partial charge in [-0.15, -0.1) is 0 Å². The van der Waals surface area contributed by atoms with Gasteiger partial charge >= 0.3 is 0 Å². The maximum Gasteiger partial charge on any atom is 0.191 e. The van der Waals surface area contributed by atoms with Gasteiger partial charge in [-0.05, 0) is 58.2 Å². The third-order valence-corrected chi connectivity index (χ3v) is 5.98. The van der Waals surface area contributed by atoms with Gasteiger partial charge in [0.05, 0.1) is 25.8 Å². The summed E-state index contributed by atoms with van der Waals surface area (Å²) in [5.41, 5.74) is 1.22. The molecule has 2 aliphatic rings. The number of guanidine groups is 1. The highest BCUT2D eigenvalue weighted by atomic mass is 16.5. The van der Waals surface area contributed by atoms with Crippen LogP contribution in [-0.4, -0.2) is 76.6 Å². The zero-order valence-corrected chi connectivity index (χ0v) is 19.3. The second-order valence-electron chi connectivity index (χ2n) is 8.18. The number of nitrogens with one attached hydrogen (secondary N) is 2. The molecule has 1 aromatic carbocycles. The van der Waals surface area contributed by atoms with E-state index in [1.165, 1.54) is 18.4 Å². The Hall–Kier alpha value is -1.83. The predicted octanol–water partition coefficient (Wildman–Crippen LogP) is 2.97. The predicted molar refractivity (Wildman–Crippen MR) is 125 cm³/mol. The molecule has 2 heterocycles. The monoisotopic (exact) mass is 432 g/mol. The van der Waals surface area contributed by atoms with Crippen molar-refractivity contribution in [3.8, 4) is 5.75 Å². The molecule has 2 N–H and O–H groups in total. The summed E-state index contributed by atoms with van der Waals surface area (Å²) in [5, 5.41) is 6.85. The van der Waals surface area contributed by atoms with Crippen molar-refractivity contribution in [2.24, 2.45) is 4.99 Å². The number of hydrogen-bond donors (Lipinski definition) is 2. The lowest BCUT2D eigenvalue weighted by molar-refractivity contribution is -0.0320. The smallest absolute Gasteiger partial charge is 0.191 e. The van der Waals surface area contributed by atoms with Gasteiger partial charge in [0.25, 0.3) is 0 Å². The lowest BCUT2D eigenvalue weighted by Gasteiger charge is -2.28. The Bertz CT molecular complexity index is 658. The SMILES string of the molecule is CCNC(=NCC(c1ccccc1OC)N1CCCC1)NCCCOC1CCOCC1. The van der Waals surface area contributed by atoms with Crippen molar-refractivity contribution in [3.05, 3.63) is 29.8 Å². The molecule has 2 saturated heterocycles. The van der Waals surface area contributed by atoms with Gasteiger partial charge in [-0.1, -0.05) is 18.2 Å².